The maximum atomic E-state index is 11.5. The van der Waals surface area contributed by atoms with E-state index in [1.165, 1.54) is 14.2 Å². The molecule has 0 aliphatic rings. The topological polar surface area (TPSA) is 59.3 Å². The minimum atomic E-state index is -0.452. The average Bonchev–Trinajstić information content (AvgIpc) is 2.35. The monoisotopic (exact) mass is 219 g/mol. The van der Waals surface area contributed by atoms with E-state index in [1.54, 1.807) is 12.1 Å². The van der Waals surface area contributed by atoms with E-state index in [2.05, 4.69) is 10.8 Å². The van der Waals surface area contributed by atoms with Crippen molar-refractivity contribution in [3.8, 4) is 11.8 Å². The lowest BCUT2D eigenvalue weighted by Gasteiger charge is -2.10. The molecule has 16 heavy (non-hydrogen) atoms. The molecule has 1 aromatic rings. The third-order valence-electron chi connectivity index (χ3n) is 2.34. The van der Waals surface area contributed by atoms with Crippen molar-refractivity contribution >= 4 is 5.97 Å². The number of hydrogen-bond acceptors (Lipinski definition) is 4. The zero-order valence-electron chi connectivity index (χ0n) is 9.53. The molecule has 0 saturated heterocycles. The predicted molar refractivity (Wildman–Crippen MR) is 58.4 cm³/mol. The molecule has 0 bridgehead atoms. The van der Waals surface area contributed by atoms with E-state index in [-0.39, 0.29) is 0 Å². The molecule has 0 aliphatic carbocycles. The van der Waals surface area contributed by atoms with Crippen molar-refractivity contribution < 1.29 is 14.3 Å². The number of hydrogen-bond donors (Lipinski definition) is 0. The number of methoxy groups -OCH3 is 2. The van der Waals surface area contributed by atoms with Crippen LogP contribution >= 0.6 is 0 Å². The van der Waals surface area contributed by atoms with E-state index in [0.29, 0.717) is 28.9 Å². The highest BCUT2D eigenvalue weighted by atomic mass is 16.5. The van der Waals surface area contributed by atoms with E-state index in [4.69, 9.17) is 10.00 Å². The fraction of sp³-hybridized carbons (Fsp3) is 0.333. The molecule has 0 heterocycles. The normalized spacial score (nSPS) is 9.38. The molecule has 84 valence electrons. The lowest BCUT2D eigenvalue weighted by atomic mass is 9.99. The molecule has 0 aliphatic heterocycles. The van der Waals surface area contributed by atoms with Gasteiger partial charge in [0.1, 0.15) is 5.75 Å². The standard InChI is InChI=1S/C12H13NO3/c1-4-10-8(7-13)5-9(15-2)6-11(10)12(14)16-3/h5-6H,4H2,1-3H3. The second kappa shape index (κ2) is 5.17. The molecule has 4 heteroatoms. The number of ether oxygens (including phenoxy) is 2. The molecule has 0 unspecified atom stereocenters. The summed E-state index contributed by atoms with van der Waals surface area (Å²) in [5.41, 5.74) is 1.53. The summed E-state index contributed by atoms with van der Waals surface area (Å²) in [5, 5.41) is 8.99. The van der Waals surface area contributed by atoms with Gasteiger partial charge in [-0.25, -0.2) is 4.79 Å². The molecule has 0 saturated carbocycles. The highest BCUT2D eigenvalue weighted by Gasteiger charge is 2.16. The Morgan fingerprint density at radius 2 is 2.12 bits per heavy atom. The molecule has 0 amide bonds. The van der Waals surface area contributed by atoms with Crippen molar-refractivity contribution in [3.63, 3.8) is 0 Å². The number of carbonyl (C=O) groups is 1. The zero-order valence-corrected chi connectivity index (χ0v) is 9.53. The Balaban J connectivity index is 3.44. The second-order valence-electron chi connectivity index (χ2n) is 3.16. The SMILES string of the molecule is CCc1c(C#N)cc(OC)cc1C(=O)OC. The molecule has 0 atom stereocenters. The van der Waals surface area contributed by atoms with E-state index >= 15 is 0 Å². The van der Waals surface area contributed by atoms with Crippen LogP contribution in [0.15, 0.2) is 12.1 Å². The van der Waals surface area contributed by atoms with Crippen molar-refractivity contribution in [2.24, 2.45) is 0 Å². The molecule has 0 fully saturated rings. The average molecular weight is 219 g/mol. The summed E-state index contributed by atoms with van der Waals surface area (Å²) in [5.74, 6) is 0.0291. The van der Waals surface area contributed by atoms with Gasteiger partial charge in [0.15, 0.2) is 0 Å². The van der Waals surface area contributed by atoms with Gasteiger partial charge in [0.2, 0.25) is 0 Å². The largest absolute Gasteiger partial charge is 0.497 e. The number of esters is 1. The molecular weight excluding hydrogens is 206 g/mol. The van der Waals surface area contributed by atoms with E-state index in [0.717, 1.165) is 0 Å². The summed E-state index contributed by atoms with van der Waals surface area (Å²) in [6, 6.07) is 5.26. The predicted octanol–water partition coefficient (Wildman–Crippen LogP) is 1.92. The lowest BCUT2D eigenvalue weighted by molar-refractivity contribution is 0.0599. The van der Waals surface area contributed by atoms with Crippen LogP contribution < -0.4 is 4.74 Å². The fourth-order valence-corrected chi connectivity index (χ4v) is 1.54. The van der Waals surface area contributed by atoms with Crippen LogP contribution in [0.1, 0.15) is 28.4 Å². The van der Waals surface area contributed by atoms with Crippen molar-refractivity contribution in [1.29, 1.82) is 5.26 Å². The van der Waals surface area contributed by atoms with Crippen LogP contribution in [0.2, 0.25) is 0 Å². The molecular formula is C12H13NO3. The van der Waals surface area contributed by atoms with Crippen LogP contribution in [0.4, 0.5) is 0 Å². The Hall–Kier alpha value is -2.02. The van der Waals surface area contributed by atoms with Crippen molar-refractivity contribution in [1.82, 2.24) is 0 Å². The van der Waals surface area contributed by atoms with Gasteiger partial charge in [-0.2, -0.15) is 5.26 Å². The molecule has 4 nitrogen and oxygen atoms in total. The molecule has 1 rings (SSSR count). The molecule has 0 radical (unpaired) electrons. The Labute approximate surface area is 94.4 Å². The minimum absolute atomic E-state index is 0.390. The highest BCUT2D eigenvalue weighted by Crippen LogP contribution is 2.23. The summed E-state index contributed by atoms with van der Waals surface area (Å²) < 4.78 is 9.71. The van der Waals surface area contributed by atoms with Crippen molar-refractivity contribution in [2.75, 3.05) is 14.2 Å². The first-order valence-electron chi connectivity index (χ1n) is 4.87. The second-order valence-corrected chi connectivity index (χ2v) is 3.16. The third-order valence-corrected chi connectivity index (χ3v) is 2.34. The number of rotatable bonds is 3. The summed E-state index contributed by atoms with van der Waals surface area (Å²) in [7, 11) is 2.80. The van der Waals surface area contributed by atoms with Crippen LogP contribution in [0.3, 0.4) is 0 Å². The van der Waals surface area contributed by atoms with Crippen LogP contribution in [0.5, 0.6) is 5.75 Å². The van der Waals surface area contributed by atoms with Gasteiger partial charge >= 0.3 is 5.97 Å². The quantitative estimate of drug-likeness (QED) is 0.728. The summed E-state index contributed by atoms with van der Waals surface area (Å²) >= 11 is 0. The number of nitriles is 1. The van der Waals surface area contributed by atoms with Crippen molar-refractivity contribution in [2.45, 2.75) is 13.3 Å². The molecule has 1 aromatic carbocycles. The third kappa shape index (κ3) is 2.14. The first kappa shape index (κ1) is 12.1. The van der Waals surface area contributed by atoms with Gasteiger partial charge in [0, 0.05) is 0 Å². The van der Waals surface area contributed by atoms with Crippen LogP contribution in [-0.2, 0) is 11.2 Å². The van der Waals surface area contributed by atoms with Crippen molar-refractivity contribution in [3.05, 3.63) is 28.8 Å². The molecule has 0 aromatic heterocycles. The summed E-state index contributed by atoms with van der Waals surface area (Å²) in [4.78, 5) is 11.5. The van der Waals surface area contributed by atoms with E-state index < -0.39 is 5.97 Å². The number of carbonyl (C=O) groups excluding carboxylic acids is 1. The maximum absolute atomic E-state index is 11.5. The van der Waals surface area contributed by atoms with Crippen LogP contribution in [-0.4, -0.2) is 20.2 Å². The Morgan fingerprint density at radius 3 is 2.56 bits per heavy atom. The van der Waals surface area contributed by atoms with Gasteiger partial charge in [-0.3, -0.25) is 0 Å². The number of nitrogens with zero attached hydrogens (tertiary/aromatic N) is 1. The Kier molecular flexibility index (Phi) is 3.90. The van der Waals surface area contributed by atoms with Gasteiger partial charge in [-0.15, -0.1) is 0 Å². The van der Waals surface area contributed by atoms with Gasteiger partial charge in [0.05, 0.1) is 31.4 Å². The lowest BCUT2D eigenvalue weighted by Crippen LogP contribution is -2.07. The van der Waals surface area contributed by atoms with Gasteiger partial charge in [-0.1, -0.05) is 6.92 Å². The maximum Gasteiger partial charge on any atom is 0.338 e. The molecule has 0 spiro atoms. The van der Waals surface area contributed by atoms with Gasteiger partial charge in [-0.05, 0) is 24.1 Å². The number of benzene rings is 1. The first-order valence-corrected chi connectivity index (χ1v) is 4.87. The Bertz CT molecular complexity index is 446. The van der Waals surface area contributed by atoms with Gasteiger partial charge in [0.25, 0.3) is 0 Å². The smallest absolute Gasteiger partial charge is 0.338 e. The van der Waals surface area contributed by atoms with E-state index in [9.17, 15) is 4.79 Å². The minimum Gasteiger partial charge on any atom is -0.497 e. The summed E-state index contributed by atoms with van der Waals surface area (Å²) in [6.07, 6.45) is 0.595. The summed E-state index contributed by atoms with van der Waals surface area (Å²) in [6.45, 7) is 1.88. The highest BCUT2D eigenvalue weighted by molar-refractivity contribution is 5.92. The fourth-order valence-electron chi connectivity index (χ4n) is 1.54. The Morgan fingerprint density at radius 1 is 1.44 bits per heavy atom. The van der Waals surface area contributed by atoms with Crippen LogP contribution in [0, 0.1) is 11.3 Å². The van der Waals surface area contributed by atoms with E-state index in [1.807, 2.05) is 6.92 Å². The first-order chi connectivity index (χ1) is 7.67. The zero-order chi connectivity index (χ0) is 12.1. The van der Waals surface area contributed by atoms with Gasteiger partial charge < -0.3 is 9.47 Å². The van der Waals surface area contributed by atoms with Crippen LogP contribution in [0.25, 0.3) is 0 Å². The molecule has 0 N–H and O–H groups in total.